The molecule has 0 fully saturated rings. The van der Waals surface area contributed by atoms with E-state index in [1.54, 1.807) is 0 Å². The third kappa shape index (κ3) is 2.14. The topological polar surface area (TPSA) is 38.5 Å². The Labute approximate surface area is 110 Å². The van der Waals surface area contributed by atoms with Crippen LogP contribution < -0.4 is 15.4 Å². The summed E-state index contributed by atoms with van der Waals surface area (Å²) in [5, 5.41) is 0. The minimum Gasteiger partial charge on any atom is -0.483 e. The number of fused-ring (bicyclic) bond motifs is 1. The van der Waals surface area contributed by atoms with Gasteiger partial charge in [0.05, 0.1) is 12.2 Å². The van der Waals surface area contributed by atoms with Gasteiger partial charge in [-0.3, -0.25) is 0 Å². The van der Waals surface area contributed by atoms with Gasteiger partial charge in [-0.2, -0.15) is 0 Å². The normalized spacial score (nSPS) is 17.2. The fourth-order valence-corrected chi connectivity index (χ4v) is 2.73. The van der Waals surface area contributed by atoms with Gasteiger partial charge >= 0.3 is 0 Å². The molecule has 1 aromatic rings. The Hall–Kier alpha value is -1.38. The van der Waals surface area contributed by atoms with Crippen molar-refractivity contribution >= 4 is 11.4 Å². The molecule has 0 spiro atoms. The second-order valence-corrected chi connectivity index (χ2v) is 5.11. The molecular formula is C15H24N2O. The van der Waals surface area contributed by atoms with Gasteiger partial charge in [0.15, 0.2) is 0 Å². The zero-order valence-corrected chi connectivity index (χ0v) is 11.7. The number of para-hydroxylation sites is 1. The minimum absolute atomic E-state index is 0.0596. The van der Waals surface area contributed by atoms with E-state index >= 15 is 0 Å². The Balaban J connectivity index is 2.43. The van der Waals surface area contributed by atoms with Crippen LogP contribution in [0, 0.1) is 0 Å². The van der Waals surface area contributed by atoms with Crippen LogP contribution >= 0.6 is 0 Å². The molecule has 1 aromatic carbocycles. The highest BCUT2D eigenvalue weighted by molar-refractivity contribution is 5.76. The van der Waals surface area contributed by atoms with E-state index in [1.807, 2.05) is 18.2 Å². The molecule has 0 radical (unpaired) electrons. The predicted molar refractivity (Wildman–Crippen MR) is 77.3 cm³/mol. The van der Waals surface area contributed by atoms with Crippen molar-refractivity contribution in [2.45, 2.75) is 45.6 Å². The third-order valence-electron chi connectivity index (χ3n) is 3.93. The first kappa shape index (κ1) is 13.1. The molecule has 1 aliphatic rings. The van der Waals surface area contributed by atoms with Crippen LogP contribution in [0.25, 0.3) is 0 Å². The smallest absolute Gasteiger partial charge is 0.145 e. The summed E-state index contributed by atoms with van der Waals surface area (Å²) in [4.78, 5) is 2.39. The van der Waals surface area contributed by atoms with E-state index in [-0.39, 0.29) is 5.60 Å². The van der Waals surface area contributed by atoms with Crippen LogP contribution in [-0.4, -0.2) is 18.7 Å². The molecule has 0 unspecified atom stereocenters. The number of nitrogens with zero attached hydrogens (tertiary/aromatic N) is 1. The van der Waals surface area contributed by atoms with Crippen molar-refractivity contribution in [2.75, 3.05) is 23.7 Å². The van der Waals surface area contributed by atoms with Gasteiger partial charge in [0.2, 0.25) is 0 Å². The largest absolute Gasteiger partial charge is 0.483 e. The quantitative estimate of drug-likeness (QED) is 0.830. The number of ether oxygens (including phenoxy) is 1. The molecule has 0 amide bonds. The summed E-state index contributed by atoms with van der Waals surface area (Å²) in [5.74, 6) is 0.943. The molecule has 2 rings (SSSR count). The number of nitrogen functional groups attached to an aromatic ring is 1. The van der Waals surface area contributed by atoms with Crippen molar-refractivity contribution in [3.63, 3.8) is 0 Å². The Morgan fingerprint density at radius 2 is 2.00 bits per heavy atom. The molecule has 0 saturated carbocycles. The maximum absolute atomic E-state index is 6.25. The highest BCUT2D eigenvalue weighted by Crippen LogP contribution is 2.42. The molecule has 2 N–H and O–H groups in total. The molecule has 0 atom stereocenters. The molecule has 1 aliphatic heterocycles. The summed E-state index contributed by atoms with van der Waals surface area (Å²) < 4.78 is 6.25. The Morgan fingerprint density at radius 3 is 2.61 bits per heavy atom. The number of hydrogen-bond acceptors (Lipinski definition) is 3. The van der Waals surface area contributed by atoms with E-state index in [2.05, 4.69) is 25.7 Å². The Morgan fingerprint density at radius 1 is 1.28 bits per heavy atom. The fraction of sp³-hybridized carbons (Fsp3) is 0.600. The number of hydrogen-bond donors (Lipinski definition) is 1. The maximum atomic E-state index is 6.25. The summed E-state index contributed by atoms with van der Waals surface area (Å²) in [6.45, 7) is 8.57. The summed E-state index contributed by atoms with van der Waals surface area (Å²) in [7, 11) is 0. The molecular weight excluding hydrogens is 224 g/mol. The first-order chi connectivity index (χ1) is 8.65. The minimum atomic E-state index is -0.0596. The van der Waals surface area contributed by atoms with Crippen molar-refractivity contribution in [1.29, 1.82) is 0 Å². The lowest BCUT2D eigenvalue weighted by molar-refractivity contribution is 0.0576. The van der Waals surface area contributed by atoms with Crippen molar-refractivity contribution in [2.24, 2.45) is 0 Å². The van der Waals surface area contributed by atoms with Crippen LogP contribution in [0.5, 0.6) is 5.75 Å². The van der Waals surface area contributed by atoms with Crippen molar-refractivity contribution in [3.8, 4) is 5.75 Å². The van der Waals surface area contributed by atoms with Gasteiger partial charge in [-0.25, -0.2) is 0 Å². The summed E-state index contributed by atoms with van der Waals surface area (Å²) in [6.07, 6.45) is 3.17. The van der Waals surface area contributed by atoms with E-state index in [4.69, 9.17) is 10.5 Å². The third-order valence-corrected chi connectivity index (χ3v) is 3.93. The Kier molecular flexibility index (Phi) is 3.69. The van der Waals surface area contributed by atoms with Crippen LogP contribution in [0.3, 0.4) is 0 Å². The molecule has 18 heavy (non-hydrogen) atoms. The maximum Gasteiger partial charge on any atom is 0.145 e. The van der Waals surface area contributed by atoms with E-state index in [9.17, 15) is 0 Å². The van der Waals surface area contributed by atoms with Crippen molar-refractivity contribution < 1.29 is 4.74 Å². The SMILES string of the molecule is CCCN1CC(CC)(CC)Oc2cccc(N)c21. The molecule has 100 valence electrons. The van der Waals surface area contributed by atoms with Crippen molar-refractivity contribution in [3.05, 3.63) is 18.2 Å². The number of rotatable bonds is 4. The zero-order chi connectivity index (χ0) is 13.2. The molecule has 1 heterocycles. The average Bonchev–Trinajstić information content (AvgIpc) is 2.38. The van der Waals surface area contributed by atoms with Crippen LogP contribution in [0.2, 0.25) is 0 Å². The summed E-state index contributed by atoms with van der Waals surface area (Å²) in [5.41, 5.74) is 7.95. The van der Waals surface area contributed by atoms with Gasteiger partial charge < -0.3 is 15.4 Å². The number of nitrogens with two attached hydrogens (primary N) is 1. The van der Waals surface area contributed by atoms with E-state index in [1.165, 1.54) is 0 Å². The van der Waals surface area contributed by atoms with Gasteiger partial charge in [-0.15, -0.1) is 0 Å². The van der Waals surface area contributed by atoms with Crippen LogP contribution in [0.15, 0.2) is 18.2 Å². The van der Waals surface area contributed by atoms with Crippen LogP contribution in [0.4, 0.5) is 11.4 Å². The van der Waals surface area contributed by atoms with Gasteiger partial charge in [-0.1, -0.05) is 26.8 Å². The highest BCUT2D eigenvalue weighted by atomic mass is 16.5. The fourth-order valence-electron chi connectivity index (χ4n) is 2.73. The lowest BCUT2D eigenvalue weighted by atomic mass is 9.93. The molecule has 0 aromatic heterocycles. The lowest BCUT2D eigenvalue weighted by Gasteiger charge is -2.44. The average molecular weight is 248 g/mol. The lowest BCUT2D eigenvalue weighted by Crippen LogP contribution is -2.50. The molecule has 0 aliphatic carbocycles. The van der Waals surface area contributed by atoms with Gasteiger partial charge in [0.25, 0.3) is 0 Å². The van der Waals surface area contributed by atoms with Crippen LogP contribution in [0.1, 0.15) is 40.0 Å². The molecule has 3 nitrogen and oxygen atoms in total. The first-order valence-electron chi connectivity index (χ1n) is 6.98. The molecule has 0 bridgehead atoms. The molecule has 3 heteroatoms. The monoisotopic (exact) mass is 248 g/mol. The van der Waals surface area contributed by atoms with Gasteiger partial charge in [0, 0.05) is 6.54 Å². The van der Waals surface area contributed by atoms with Crippen LogP contribution in [-0.2, 0) is 0 Å². The standard InChI is InChI=1S/C15H24N2O/c1-4-10-17-11-15(5-2,6-3)18-13-9-7-8-12(16)14(13)17/h7-9H,4-6,10-11,16H2,1-3H3. The van der Waals surface area contributed by atoms with E-state index in [0.29, 0.717) is 0 Å². The van der Waals surface area contributed by atoms with E-state index < -0.39 is 0 Å². The number of benzene rings is 1. The number of anilines is 2. The Bertz CT molecular complexity index is 413. The summed E-state index contributed by atoms with van der Waals surface area (Å²) in [6, 6.07) is 5.96. The summed E-state index contributed by atoms with van der Waals surface area (Å²) >= 11 is 0. The van der Waals surface area contributed by atoms with Gasteiger partial charge in [0.1, 0.15) is 17.0 Å². The first-order valence-corrected chi connectivity index (χ1v) is 6.98. The second kappa shape index (κ2) is 5.09. The zero-order valence-electron chi connectivity index (χ0n) is 11.7. The van der Waals surface area contributed by atoms with E-state index in [0.717, 1.165) is 49.5 Å². The second-order valence-electron chi connectivity index (χ2n) is 5.11. The highest BCUT2D eigenvalue weighted by Gasteiger charge is 2.37. The molecule has 0 saturated heterocycles. The predicted octanol–water partition coefficient (Wildman–Crippen LogP) is 3.44. The van der Waals surface area contributed by atoms with Gasteiger partial charge in [-0.05, 0) is 31.4 Å². The van der Waals surface area contributed by atoms with Crippen molar-refractivity contribution in [1.82, 2.24) is 0 Å².